The summed E-state index contributed by atoms with van der Waals surface area (Å²) in [7, 11) is 1.64. The molecule has 1 aromatic rings. The van der Waals surface area contributed by atoms with Crippen LogP contribution in [-0.4, -0.2) is 39.6 Å². The highest BCUT2D eigenvalue weighted by Crippen LogP contribution is 2.17. The van der Waals surface area contributed by atoms with Crippen LogP contribution in [0.3, 0.4) is 0 Å². The molecule has 0 aliphatic heterocycles. The summed E-state index contributed by atoms with van der Waals surface area (Å²) in [6, 6.07) is 2.09. The van der Waals surface area contributed by atoms with Gasteiger partial charge >= 0.3 is 0 Å². The van der Waals surface area contributed by atoms with Crippen molar-refractivity contribution < 1.29 is 4.79 Å². The van der Waals surface area contributed by atoms with Gasteiger partial charge in [0.2, 0.25) is 5.82 Å². The smallest absolute Gasteiger partial charge is 0.293 e. The number of nitrogens with one attached hydrogen (secondary N) is 1. The normalized spacial score (nSPS) is 12.9. The lowest BCUT2D eigenvalue weighted by atomic mass is 9.96. The molecule has 1 aromatic heterocycles. The number of aromatic amines is 1. The van der Waals surface area contributed by atoms with Crippen molar-refractivity contribution in [1.29, 1.82) is 5.26 Å². The maximum Gasteiger partial charge on any atom is 0.293 e. The lowest BCUT2D eigenvalue weighted by Crippen LogP contribution is -2.31. The average molecular weight is 249 g/mol. The maximum absolute atomic E-state index is 12.0. The number of H-pyrrole nitrogens is 1. The molecule has 98 valence electrons. The molecule has 0 saturated carbocycles. The summed E-state index contributed by atoms with van der Waals surface area (Å²) in [6.07, 6.45) is 0. The minimum absolute atomic E-state index is 0.146. The first-order valence-corrected chi connectivity index (χ1v) is 5.83. The zero-order valence-electron chi connectivity index (χ0n) is 11.5. The number of amides is 1. The van der Waals surface area contributed by atoms with E-state index in [-0.39, 0.29) is 23.1 Å². The van der Waals surface area contributed by atoms with Crippen LogP contribution in [0.5, 0.6) is 0 Å². The lowest BCUT2D eigenvalue weighted by Gasteiger charge is -2.16. The summed E-state index contributed by atoms with van der Waals surface area (Å²) in [4.78, 5) is 17.7. The highest BCUT2D eigenvalue weighted by Gasteiger charge is 2.23. The Hall–Kier alpha value is -1.90. The molecule has 1 atom stereocenters. The Kier molecular flexibility index (Phi) is 4.07. The van der Waals surface area contributed by atoms with Gasteiger partial charge in [-0.1, -0.05) is 20.8 Å². The van der Waals surface area contributed by atoms with Crippen LogP contribution in [0.4, 0.5) is 0 Å². The molecule has 1 unspecified atom stereocenters. The molecule has 6 heteroatoms. The van der Waals surface area contributed by atoms with Crippen LogP contribution >= 0.6 is 0 Å². The van der Waals surface area contributed by atoms with E-state index in [4.69, 9.17) is 5.26 Å². The molecule has 18 heavy (non-hydrogen) atoms. The predicted octanol–water partition coefficient (Wildman–Crippen LogP) is 1.33. The van der Waals surface area contributed by atoms with Crippen molar-refractivity contribution in [1.82, 2.24) is 20.1 Å². The van der Waals surface area contributed by atoms with Crippen molar-refractivity contribution in [3.63, 3.8) is 0 Å². The molecule has 1 N–H and O–H groups in total. The second kappa shape index (κ2) is 5.17. The molecule has 1 rings (SSSR count). The first kappa shape index (κ1) is 14.2. The molecule has 1 amide bonds. The zero-order valence-corrected chi connectivity index (χ0v) is 11.5. The van der Waals surface area contributed by atoms with Crippen molar-refractivity contribution in [3.05, 3.63) is 11.6 Å². The predicted molar refractivity (Wildman–Crippen MR) is 66.8 cm³/mol. The fraction of sp³-hybridized carbons (Fsp3) is 0.667. The van der Waals surface area contributed by atoms with E-state index >= 15 is 0 Å². The quantitative estimate of drug-likeness (QED) is 0.875. The van der Waals surface area contributed by atoms with Crippen molar-refractivity contribution in [2.75, 3.05) is 13.6 Å². The van der Waals surface area contributed by atoms with Crippen LogP contribution in [0.25, 0.3) is 0 Å². The Balaban J connectivity index is 2.79. The van der Waals surface area contributed by atoms with Gasteiger partial charge in [-0.15, -0.1) is 5.10 Å². The molecule has 0 saturated heterocycles. The molecular formula is C12H19N5O. The highest BCUT2D eigenvalue weighted by molar-refractivity contribution is 5.90. The third-order valence-corrected chi connectivity index (χ3v) is 2.50. The summed E-state index contributed by atoms with van der Waals surface area (Å²) >= 11 is 0. The van der Waals surface area contributed by atoms with Gasteiger partial charge in [0.05, 0.1) is 12.0 Å². The number of aromatic nitrogens is 3. The molecule has 0 aliphatic carbocycles. The molecule has 0 bridgehead atoms. The van der Waals surface area contributed by atoms with Crippen LogP contribution in [-0.2, 0) is 5.41 Å². The Morgan fingerprint density at radius 3 is 2.61 bits per heavy atom. The van der Waals surface area contributed by atoms with Gasteiger partial charge in [-0.05, 0) is 6.92 Å². The number of rotatable bonds is 3. The number of carbonyl (C=O) groups is 1. The Morgan fingerprint density at radius 1 is 1.56 bits per heavy atom. The molecule has 0 spiro atoms. The third-order valence-electron chi connectivity index (χ3n) is 2.50. The Bertz CT molecular complexity index is 466. The largest absolute Gasteiger partial charge is 0.338 e. The van der Waals surface area contributed by atoms with Crippen molar-refractivity contribution in [2.24, 2.45) is 5.92 Å². The van der Waals surface area contributed by atoms with Gasteiger partial charge in [-0.25, -0.2) is 4.98 Å². The van der Waals surface area contributed by atoms with E-state index < -0.39 is 0 Å². The van der Waals surface area contributed by atoms with Gasteiger partial charge in [0.15, 0.2) is 0 Å². The van der Waals surface area contributed by atoms with Gasteiger partial charge in [-0.3, -0.25) is 9.89 Å². The summed E-state index contributed by atoms with van der Waals surface area (Å²) in [5.74, 6) is 0.337. The van der Waals surface area contributed by atoms with Crippen LogP contribution in [0.15, 0.2) is 0 Å². The monoisotopic (exact) mass is 249 g/mol. The number of nitriles is 1. The molecule has 0 fully saturated rings. The van der Waals surface area contributed by atoms with Gasteiger partial charge in [-0.2, -0.15) is 5.26 Å². The van der Waals surface area contributed by atoms with E-state index in [0.29, 0.717) is 12.4 Å². The van der Waals surface area contributed by atoms with E-state index in [1.165, 1.54) is 4.90 Å². The third kappa shape index (κ3) is 3.29. The maximum atomic E-state index is 12.0. The second-order valence-corrected chi connectivity index (χ2v) is 5.47. The minimum atomic E-state index is -0.274. The fourth-order valence-corrected chi connectivity index (χ4v) is 1.40. The summed E-state index contributed by atoms with van der Waals surface area (Å²) < 4.78 is 0. The molecule has 0 aliphatic rings. The molecule has 1 heterocycles. The number of hydrogen-bond donors (Lipinski definition) is 1. The number of hydrogen-bond acceptors (Lipinski definition) is 4. The van der Waals surface area contributed by atoms with E-state index in [0.717, 1.165) is 0 Å². The molecule has 0 aromatic carbocycles. The fourth-order valence-electron chi connectivity index (χ4n) is 1.40. The van der Waals surface area contributed by atoms with Gasteiger partial charge < -0.3 is 4.90 Å². The number of carbonyl (C=O) groups excluding carboxylic acids is 1. The van der Waals surface area contributed by atoms with Crippen LogP contribution in [0.1, 0.15) is 44.1 Å². The topological polar surface area (TPSA) is 85.7 Å². The summed E-state index contributed by atoms with van der Waals surface area (Å²) in [5, 5.41) is 15.4. The van der Waals surface area contributed by atoms with Crippen molar-refractivity contribution >= 4 is 5.91 Å². The van der Waals surface area contributed by atoms with Crippen molar-refractivity contribution in [3.8, 4) is 6.07 Å². The Labute approximate surface area is 107 Å². The minimum Gasteiger partial charge on any atom is -0.338 e. The summed E-state index contributed by atoms with van der Waals surface area (Å²) in [6.45, 7) is 8.10. The van der Waals surface area contributed by atoms with E-state index in [9.17, 15) is 4.79 Å². The van der Waals surface area contributed by atoms with Gasteiger partial charge in [0, 0.05) is 19.0 Å². The number of nitrogens with zero attached hydrogens (tertiary/aromatic N) is 4. The zero-order chi connectivity index (χ0) is 13.9. The first-order valence-electron chi connectivity index (χ1n) is 5.83. The molecule has 0 radical (unpaired) electrons. The van der Waals surface area contributed by atoms with E-state index in [1.54, 1.807) is 14.0 Å². The van der Waals surface area contributed by atoms with Gasteiger partial charge in [0.1, 0.15) is 5.82 Å². The molecule has 6 nitrogen and oxygen atoms in total. The highest BCUT2D eigenvalue weighted by atomic mass is 16.2. The van der Waals surface area contributed by atoms with E-state index in [2.05, 4.69) is 21.3 Å². The van der Waals surface area contributed by atoms with Crippen LogP contribution < -0.4 is 0 Å². The van der Waals surface area contributed by atoms with E-state index in [1.807, 2.05) is 20.8 Å². The molecular weight excluding hydrogens is 230 g/mol. The average Bonchev–Trinajstić information content (AvgIpc) is 2.76. The van der Waals surface area contributed by atoms with Crippen LogP contribution in [0, 0.1) is 17.2 Å². The first-order chi connectivity index (χ1) is 8.25. The second-order valence-electron chi connectivity index (χ2n) is 5.47. The Morgan fingerprint density at radius 2 is 2.17 bits per heavy atom. The van der Waals surface area contributed by atoms with Crippen molar-refractivity contribution in [2.45, 2.75) is 33.1 Å². The standard InChI is InChI=1S/C12H19N5O/c1-8(6-13)7-17(5)10(18)9-14-11(16-15-9)12(2,3)4/h8H,7H2,1-5H3,(H,14,15,16). The summed E-state index contributed by atoms with van der Waals surface area (Å²) in [5.41, 5.74) is -0.177. The lowest BCUT2D eigenvalue weighted by molar-refractivity contribution is 0.0773. The van der Waals surface area contributed by atoms with Crippen LogP contribution in [0.2, 0.25) is 0 Å². The van der Waals surface area contributed by atoms with Gasteiger partial charge in [0.25, 0.3) is 5.91 Å². The SMILES string of the molecule is CC(C#N)CN(C)C(=O)c1n[nH]c(C(C)(C)C)n1.